The fourth-order valence-corrected chi connectivity index (χ4v) is 2.47. The smallest absolute Gasteiger partial charge is 0.0992 e. The summed E-state index contributed by atoms with van der Waals surface area (Å²) in [6, 6.07) is 11.8. The molecular weight excluding hydrogens is 246 g/mol. The fourth-order valence-electron chi connectivity index (χ4n) is 2.47. The monoisotopic (exact) mass is 265 g/mol. The van der Waals surface area contributed by atoms with Gasteiger partial charge in [-0.25, -0.2) is 0 Å². The minimum Gasteiger partial charge on any atom is -0.397 e. The summed E-state index contributed by atoms with van der Waals surface area (Å²) >= 11 is 0. The third-order valence-electron chi connectivity index (χ3n) is 3.48. The zero-order valence-electron chi connectivity index (χ0n) is 12.1. The highest BCUT2D eigenvalue weighted by atomic mass is 14.9. The van der Waals surface area contributed by atoms with Crippen LogP contribution in [-0.2, 0) is 6.54 Å². The average molecular weight is 265 g/mol. The van der Waals surface area contributed by atoms with E-state index in [-0.39, 0.29) is 0 Å². The third kappa shape index (κ3) is 2.92. The van der Waals surface area contributed by atoms with Crippen LogP contribution in [0.25, 0.3) is 0 Å². The molecule has 0 saturated carbocycles. The zero-order valence-corrected chi connectivity index (χ0v) is 12.1. The van der Waals surface area contributed by atoms with Crippen LogP contribution in [0.15, 0.2) is 30.3 Å². The topological polar surface area (TPSA) is 61.8 Å². The molecule has 2 aromatic rings. The molecule has 0 fully saturated rings. The Morgan fingerprint density at radius 2 is 1.75 bits per heavy atom. The van der Waals surface area contributed by atoms with Crippen molar-refractivity contribution in [1.29, 1.82) is 5.26 Å². The molecule has 0 aliphatic carbocycles. The lowest BCUT2D eigenvalue weighted by Gasteiger charge is -2.14. The Labute approximate surface area is 120 Å². The van der Waals surface area contributed by atoms with E-state index < -0.39 is 0 Å². The van der Waals surface area contributed by atoms with Crippen LogP contribution in [0.2, 0.25) is 0 Å². The van der Waals surface area contributed by atoms with E-state index in [1.54, 1.807) is 12.1 Å². The maximum atomic E-state index is 8.83. The molecule has 2 rings (SSSR count). The van der Waals surface area contributed by atoms with Crippen molar-refractivity contribution in [3.8, 4) is 6.07 Å². The maximum absolute atomic E-state index is 8.83. The van der Waals surface area contributed by atoms with Crippen LogP contribution in [0.1, 0.15) is 27.8 Å². The Balaban J connectivity index is 2.20. The summed E-state index contributed by atoms with van der Waals surface area (Å²) in [6.07, 6.45) is 0. The molecule has 2 aromatic carbocycles. The molecule has 0 radical (unpaired) electrons. The van der Waals surface area contributed by atoms with Gasteiger partial charge < -0.3 is 11.1 Å². The van der Waals surface area contributed by atoms with E-state index in [0.717, 1.165) is 12.2 Å². The van der Waals surface area contributed by atoms with Crippen molar-refractivity contribution in [2.24, 2.45) is 0 Å². The number of hydrogen-bond acceptors (Lipinski definition) is 3. The van der Waals surface area contributed by atoms with Crippen molar-refractivity contribution in [1.82, 2.24) is 0 Å². The van der Waals surface area contributed by atoms with Gasteiger partial charge in [-0.15, -0.1) is 0 Å². The summed E-state index contributed by atoms with van der Waals surface area (Å²) in [5.74, 6) is 0. The number of nitrogens with two attached hydrogens (primary N) is 1. The van der Waals surface area contributed by atoms with Gasteiger partial charge in [0.25, 0.3) is 0 Å². The molecule has 0 atom stereocenters. The van der Waals surface area contributed by atoms with Crippen LogP contribution in [0.5, 0.6) is 0 Å². The van der Waals surface area contributed by atoms with Crippen molar-refractivity contribution in [3.05, 3.63) is 58.1 Å². The summed E-state index contributed by atoms with van der Waals surface area (Å²) in [5, 5.41) is 12.2. The van der Waals surface area contributed by atoms with E-state index >= 15 is 0 Å². The Hall–Kier alpha value is -2.47. The largest absolute Gasteiger partial charge is 0.397 e. The molecule has 0 aliphatic heterocycles. The van der Waals surface area contributed by atoms with Gasteiger partial charge in [-0.1, -0.05) is 17.7 Å². The Bertz CT molecular complexity index is 658. The van der Waals surface area contributed by atoms with E-state index in [4.69, 9.17) is 11.0 Å². The number of anilines is 2. The van der Waals surface area contributed by atoms with Crippen molar-refractivity contribution < 1.29 is 0 Å². The summed E-state index contributed by atoms with van der Waals surface area (Å²) in [5.41, 5.74) is 13.1. The van der Waals surface area contributed by atoms with E-state index in [1.165, 1.54) is 22.3 Å². The fraction of sp³-hybridized carbons (Fsp3) is 0.235. The van der Waals surface area contributed by atoms with Gasteiger partial charge in [-0.05, 0) is 55.7 Å². The van der Waals surface area contributed by atoms with Crippen LogP contribution in [0, 0.1) is 32.1 Å². The number of nitrogens with zero attached hydrogens (tertiary/aromatic N) is 1. The highest BCUT2D eigenvalue weighted by Crippen LogP contribution is 2.22. The van der Waals surface area contributed by atoms with Crippen molar-refractivity contribution in [2.45, 2.75) is 27.3 Å². The van der Waals surface area contributed by atoms with Gasteiger partial charge in [0.15, 0.2) is 0 Å². The van der Waals surface area contributed by atoms with E-state index in [0.29, 0.717) is 11.3 Å². The summed E-state index contributed by atoms with van der Waals surface area (Å²) in [7, 11) is 0. The third-order valence-corrected chi connectivity index (χ3v) is 3.48. The van der Waals surface area contributed by atoms with Crippen LogP contribution < -0.4 is 11.1 Å². The quantitative estimate of drug-likeness (QED) is 0.832. The Morgan fingerprint density at radius 3 is 2.30 bits per heavy atom. The zero-order chi connectivity index (χ0) is 14.7. The summed E-state index contributed by atoms with van der Waals surface area (Å²) < 4.78 is 0. The predicted molar refractivity (Wildman–Crippen MR) is 83.5 cm³/mol. The number of hydrogen-bond donors (Lipinski definition) is 2. The van der Waals surface area contributed by atoms with Crippen molar-refractivity contribution in [2.75, 3.05) is 11.1 Å². The molecule has 20 heavy (non-hydrogen) atoms. The lowest BCUT2D eigenvalue weighted by molar-refractivity contribution is 1.08. The van der Waals surface area contributed by atoms with Gasteiger partial charge in [0, 0.05) is 6.54 Å². The Morgan fingerprint density at radius 1 is 1.10 bits per heavy atom. The number of nitrogens with one attached hydrogen (secondary N) is 1. The van der Waals surface area contributed by atoms with E-state index in [9.17, 15) is 0 Å². The molecular formula is C17H19N3. The molecule has 0 unspecified atom stereocenters. The lowest BCUT2D eigenvalue weighted by atomic mass is 10.00. The number of benzene rings is 2. The van der Waals surface area contributed by atoms with E-state index in [1.807, 2.05) is 6.07 Å². The molecule has 0 heterocycles. The first-order valence-corrected chi connectivity index (χ1v) is 6.61. The predicted octanol–water partition coefficient (Wildman–Crippen LogP) is 3.68. The average Bonchev–Trinajstić information content (AvgIpc) is 2.39. The molecule has 0 aromatic heterocycles. The SMILES string of the molecule is Cc1cc(C)c(CNc2ccc(C#N)cc2N)c(C)c1. The molecule has 3 heteroatoms. The molecule has 0 bridgehead atoms. The second-order valence-corrected chi connectivity index (χ2v) is 5.14. The molecule has 3 nitrogen and oxygen atoms in total. The summed E-state index contributed by atoms with van der Waals surface area (Å²) in [6.45, 7) is 7.09. The van der Waals surface area contributed by atoms with Gasteiger partial charge in [0.1, 0.15) is 0 Å². The second-order valence-electron chi connectivity index (χ2n) is 5.14. The number of rotatable bonds is 3. The van der Waals surface area contributed by atoms with Gasteiger partial charge in [0.05, 0.1) is 23.0 Å². The molecule has 0 saturated heterocycles. The normalized spacial score (nSPS) is 10.1. The van der Waals surface area contributed by atoms with Crippen LogP contribution in [0.4, 0.5) is 11.4 Å². The minimum absolute atomic E-state index is 0.579. The first-order valence-electron chi connectivity index (χ1n) is 6.61. The second kappa shape index (κ2) is 5.66. The standard InChI is InChI=1S/C17H19N3/c1-11-6-12(2)15(13(3)7-11)10-20-17-5-4-14(9-18)8-16(17)19/h4-8,20H,10,19H2,1-3H3. The number of nitriles is 1. The molecule has 0 aliphatic rings. The van der Waals surface area contributed by atoms with Crippen LogP contribution in [-0.4, -0.2) is 0 Å². The molecule has 3 N–H and O–H groups in total. The van der Waals surface area contributed by atoms with Crippen molar-refractivity contribution >= 4 is 11.4 Å². The lowest BCUT2D eigenvalue weighted by Crippen LogP contribution is -2.06. The highest BCUT2D eigenvalue weighted by molar-refractivity contribution is 5.68. The van der Waals surface area contributed by atoms with Gasteiger partial charge in [-0.3, -0.25) is 0 Å². The molecule has 102 valence electrons. The van der Waals surface area contributed by atoms with Crippen LogP contribution >= 0.6 is 0 Å². The van der Waals surface area contributed by atoms with Gasteiger partial charge in [-0.2, -0.15) is 5.26 Å². The first kappa shape index (κ1) is 14.0. The minimum atomic E-state index is 0.579. The molecule has 0 spiro atoms. The van der Waals surface area contributed by atoms with Gasteiger partial charge >= 0.3 is 0 Å². The number of aryl methyl sites for hydroxylation is 3. The molecule has 0 amide bonds. The Kier molecular flexibility index (Phi) is 3.95. The maximum Gasteiger partial charge on any atom is 0.0992 e. The van der Waals surface area contributed by atoms with Crippen molar-refractivity contribution in [3.63, 3.8) is 0 Å². The first-order chi connectivity index (χ1) is 9.51. The van der Waals surface area contributed by atoms with Crippen LogP contribution in [0.3, 0.4) is 0 Å². The van der Waals surface area contributed by atoms with E-state index in [2.05, 4.69) is 44.3 Å². The highest BCUT2D eigenvalue weighted by Gasteiger charge is 2.05. The number of nitrogen functional groups attached to an aromatic ring is 1. The van der Waals surface area contributed by atoms with Gasteiger partial charge in [0.2, 0.25) is 0 Å². The summed E-state index contributed by atoms with van der Waals surface area (Å²) in [4.78, 5) is 0.